The number of hydrogen-bond acceptors (Lipinski definition) is 3. The fourth-order valence-corrected chi connectivity index (χ4v) is 15.4. The van der Waals surface area contributed by atoms with E-state index in [1.165, 1.54) is 9.13 Å². The van der Waals surface area contributed by atoms with E-state index in [0.29, 0.717) is 72.8 Å². The molecule has 0 N–H and O–H groups in total. The van der Waals surface area contributed by atoms with Crippen LogP contribution in [0.15, 0.2) is 303 Å². The normalized spacial score (nSPS) is 15.9. The predicted octanol–water partition coefficient (Wildman–Crippen LogP) is 24.9. The Morgan fingerprint density at radius 3 is 1.05 bits per heavy atom. The van der Waals surface area contributed by atoms with Crippen LogP contribution < -0.4 is 26.2 Å². The highest BCUT2D eigenvalue weighted by Crippen LogP contribution is 2.56. The SMILES string of the molecule is [2H]c1c([2H])c([2H])c(-c2ccc3c(c2)N(c2c(-c4ccccc4)cc(C(C)(C)C)cc2-c2ccccc2)c2cc(-n4c5c([2H])c([2H])c([2H])c([2H])c5c5c([2H])c([2H])c([2H])c([2H])c54)cc4c2B3c2ccc(-n3c5c([2H])c([2H])c([2H])c([2H])c5c5c([2H])c([2H])c([2H])c([2H])c53)cc2N4c2c(-c3ccccc3)cc(C(C)(C)C)cc2-c2cc(C(C)(C)C)nc(C(C)(C)C)c2)c([2H])c1[2H]. The first-order valence-corrected chi connectivity index (χ1v) is 35.6. The fraction of sp³-hybridized carbons (Fsp3) is 0.162. The summed E-state index contributed by atoms with van der Waals surface area (Å²) in [4.78, 5) is 9.74. The highest BCUT2D eigenvalue weighted by Gasteiger charge is 2.47. The van der Waals surface area contributed by atoms with Gasteiger partial charge in [-0.15, -0.1) is 0 Å². The summed E-state index contributed by atoms with van der Waals surface area (Å²) < 4.78 is 205. The number of para-hydroxylation sites is 4. The molecule has 13 aromatic carbocycles. The van der Waals surface area contributed by atoms with Gasteiger partial charge in [-0.3, -0.25) is 4.98 Å². The molecule has 2 aliphatic rings. The molecule has 0 saturated heterocycles. The number of aromatic nitrogens is 3. The van der Waals surface area contributed by atoms with Crippen molar-refractivity contribution in [3.8, 4) is 67.0 Å². The summed E-state index contributed by atoms with van der Waals surface area (Å²) >= 11 is 0. The number of fused-ring (bicyclic) bond motifs is 10. The Hall–Kier alpha value is -11.7. The molecule has 0 bridgehead atoms. The van der Waals surface area contributed by atoms with Gasteiger partial charge in [0.1, 0.15) is 0 Å². The Morgan fingerprint density at radius 1 is 0.295 bits per heavy atom. The van der Waals surface area contributed by atoms with E-state index in [9.17, 15) is 27.4 Å². The van der Waals surface area contributed by atoms with Crippen molar-refractivity contribution in [2.75, 3.05) is 9.80 Å². The van der Waals surface area contributed by atoms with Gasteiger partial charge in [0.2, 0.25) is 0 Å². The van der Waals surface area contributed by atoms with Crippen LogP contribution in [0.2, 0.25) is 0 Å². The molecule has 5 heterocycles. The molecule has 510 valence electrons. The smallest absolute Gasteiger partial charge is 0.252 e. The molecule has 16 aromatic rings. The minimum Gasteiger partial charge on any atom is -0.310 e. The van der Waals surface area contributed by atoms with Crippen LogP contribution in [0.4, 0.5) is 34.1 Å². The average molecular weight is 1380 g/mol. The molecule has 0 radical (unpaired) electrons. The van der Waals surface area contributed by atoms with Crippen molar-refractivity contribution in [2.24, 2.45) is 0 Å². The van der Waals surface area contributed by atoms with Crippen molar-refractivity contribution < 1.29 is 28.8 Å². The second-order valence-electron chi connectivity index (χ2n) is 31.6. The molecule has 6 heteroatoms. The number of anilines is 6. The number of pyridine rings is 1. The van der Waals surface area contributed by atoms with Crippen LogP contribution in [-0.4, -0.2) is 20.8 Å². The van der Waals surface area contributed by atoms with Crippen LogP contribution in [0.3, 0.4) is 0 Å². The second-order valence-corrected chi connectivity index (χ2v) is 31.6. The maximum atomic E-state index is 10.3. The topological polar surface area (TPSA) is 29.2 Å². The number of nitrogens with zero attached hydrogens (tertiary/aromatic N) is 5. The lowest BCUT2D eigenvalue weighted by molar-refractivity contribution is 0.531. The third-order valence-corrected chi connectivity index (χ3v) is 20.7. The van der Waals surface area contributed by atoms with Gasteiger partial charge in [0, 0.05) is 94.5 Å². The molecular formula is C99H86BN5. The Morgan fingerprint density at radius 2 is 0.648 bits per heavy atom. The Kier molecular flexibility index (Phi) is 10.7. The van der Waals surface area contributed by atoms with Crippen LogP contribution in [0.25, 0.3) is 111 Å². The Balaban J connectivity index is 1.15. The molecule has 3 aromatic heterocycles. The van der Waals surface area contributed by atoms with Gasteiger partial charge in [0.05, 0.1) is 67.9 Å². The molecular weight excluding hydrogens is 1270 g/mol. The van der Waals surface area contributed by atoms with Crippen LogP contribution >= 0.6 is 0 Å². The molecule has 0 amide bonds. The first-order chi connectivity index (χ1) is 59.3. The molecule has 0 atom stereocenters. The molecule has 105 heavy (non-hydrogen) atoms. The van der Waals surface area contributed by atoms with Crippen LogP contribution in [0, 0.1) is 0 Å². The van der Waals surface area contributed by atoms with Crippen LogP contribution in [0.1, 0.15) is 134 Å². The molecule has 0 fully saturated rings. The summed E-state index contributed by atoms with van der Waals surface area (Å²) in [6, 6.07) is 44.9. The molecule has 0 unspecified atom stereocenters. The number of benzene rings is 13. The van der Waals surface area contributed by atoms with Gasteiger partial charge in [0.15, 0.2) is 0 Å². The van der Waals surface area contributed by atoms with Crippen LogP contribution in [-0.2, 0) is 21.7 Å². The molecule has 0 spiro atoms. The van der Waals surface area contributed by atoms with Gasteiger partial charge in [-0.2, -0.15) is 0 Å². The zero-order valence-electron chi connectivity index (χ0n) is 81.6. The fourth-order valence-electron chi connectivity index (χ4n) is 15.4. The first kappa shape index (κ1) is 46.1. The predicted molar refractivity (Wildman–Crippen MR) is 449 cm³/mol. The summed E-state index contributed by atoms with van der Waals surface area (Å²) in [6.45, 7) is 24.5. The van der Waals surface area contributed by atoms with E-state index in [-0.39, 0.29) is 66.1 Å². The van der Waals surface area contributed by atoms with Gasteiger partial charge >= 0.3 is 0 Å². The molecule has 0 aliphatic carbocycles. The highest BCUT2D eigenvalue weighted by molar-refractivity contribution is 7.00. The van der Waals surface area contributed by atoms with Crippen molar-refractivity contribution >= 4 is 101 Å². The zero-order chi connectivity index (χ0) is 90.3. The van der Waals surface area contributed by atoms with E-state index < -0.39 is 155 Å². The largest absolute Gasteiger partial charge is 0.310 e. The summed E-state index contributed by atoms with van der Waals surface area (Å²) in [5.74, 6) is 0. The maximum absolute atomic E-state index is 10.3. The second kappa shape index (κ2) is 24.5. The van der Waals surface area contributed by atoms with Crippen molar-refractivity contribution in [1.82, 2.24) is 14.1 Å². The third-order valence-electron chi connectivity index (χ3n) is 20.7. The quantitative estimate of drug-likeness (QED) is 0.135. The van der Waals surface area contributed by atoms with E-state index in [2.05, 4.69) is 129 Å². The van der Waals surface area contributed by atoms with E-state index in [0.717, 1.165) is 44.8 Å². The van der Waals surface area contributed by atoms with Crippen molar-refractivity contribution in [3.63, 3.8) is 0 Å². The van der Waals surface area contributed by atoms with Gasteiger partial charge in [-0.25, -0.2) is 0 Å². The minimum absolute atomic E-state index is 0.101. The Labute approximate surface area is 648 Å². The van der Waals surface area contributed by atoms with Crippen molar-refractivity contribution in [2.45, 2.75) is 105 Å². The standard InChI is InChI=1S/C99H86BN5/c1-96(2,3)69-56-77(64-35-19-14-20-36-64)94(78(57-69)65-37-21-15-22-38-65)104-87-53-67(63-33-17-13-18-34-63)49-51-81(87)100-82-52-50-71(102-83-45-29-25-41-73(83)74-42-26-30-46-84(74)102)60-88(82)105(90-62-72(61-89(104)93(90)100)103-85-47-31-27-43-75(85)76-44-28-32-48-86(76)103)95-79(66-39-23-16-24-40-66)58-70(97(4,5)6)59-80(95)68-54-91(98(7,8)9)101-92(55-68)99(10,11)12/h13-62H,1-12H3/i13D,17D,18D,25D,26D,27D,28D,29D,30D,31D,32D,33D,34D,41D,42D,43D,44D,45D,46D,47D,48D. The lowest BCUT2D eigenvalue weighted by Gasteiger charge is -2.46. The summed E-state index contributed by atoms with van der Waals surface area (Å²) in [7, 11) is 0. The minimum atomic E-state index is -1.02. The monoisotopic (exact) mass is 1380 g/mol. The van der Waals surface area contributed by atoms with E-state index in [4.69, 9.17) is 6.35 Å². The van der Waals surface area contributed by atoms with Gasteiger partial charge in [-0.05, 0) is 163 Å². The summed E-state index contributed by atoms with van der Waals surface area (Å²) in [5.41, 5.74) is 10.8. The summed E-state index contributed by atoms with van der Waals surface area (Å²) in [6.07, 6.45) is 0. The lowest BCUT2D eigenvalue weighted by Crippen LogP contribution is -2.61. The summed E-state index contributed by atoms with van der Waals surface area (Å²) in [5, 5.41) is -0.723. The first-order valence-electron chi connectivity index (χ1n) is 46.1. The molecule has 5 nitrogen and oxygen atoms in total. The van der Waals surface area contributed by atoms with Gasteiger partial charge in [-0.1, -0.05) is 295 Å². The van der Waals surface area contributed by atoms with Gasteiger partial charge < -0.3 is 18.9 Å². The van der Waals surface area contributed by atoms with E-state index in [1.807, 2.05) is 127 Å². The van der Waals surface area contributed by atoms with Gasteiger partial charge in [0.25, 0.3) is 6.71 Å². The third kappa shape index (κ3) is 10.9. The highest BCUT2D eigenvalue weighted by atomic mass is 15.2. The lowest BCUT2D eigenvalue weighted by atomic mass is 9.33. The number of hydrogen-bond donors (Lipinski definition) is 0. The van der Waals surface area contributed by atoms with E-state index >= 15 is 0 Å². The van der Waals surface area contributed by atoms with Crippen molar-refractivity contribution in [1.29, 1.82) is 0 Å². The maximum Gasteiger partial charge on any atom is 0.252 e. The number of rotatable bonds is 9. The average Bonchev–Trinajstić information content (AvgIpc) is 0.849. The Bertz CT molecular complexity index is 7190. The molecule has 2 aliphatic heterocycles. The van der Waals surface area contributed by atoms with E-state index in [1.54, 1.807) is 12.1 Å². The molecule has 18 rings (SSSR count). The van der Waals surface area contributed by atoms with Crippen LogP contribution in [0.5, 0.6) is 0 Å². The van der Waals surface area contributed by atoms with Crippen molar-refractivity contribution in [3.05, 3.63) is 325 Å². The molecule has 0 saturated carbocycles. The zero-order valence-corrected chi connectivity index (χ0v) is 60.6.